The fourth-order valence-electron chi connectivity index (χ4n) is 2.25. The van der Waals surface area contributed by atoms with E-state index in [1.807, 2.05) is 0 Å². The van der Waals surface area contributed by atoms with Gasteiger partial charge in [-0.05, 0) is 31.2 Å². The highest BCUT2D eigenvalue weighted by molar-refractivity contribution is 6.02. The van der Waals surface area contributed by atoms with Crippen molar-refractivity contribution in [1.82, 2.24) is 5.32 Å². The van der Waals surface area contributed by atoms with Gasteiger partial charge in [0.1, 0.15) is 11.8 Å². The molecule has 1 amide bonds. The van der Waals surface area contributed by atoms with Crippen molar-refractivity contribution >= 4 is 23.5 Å². The van der Waals surface area contributed by atoms with E-state index in [9.17, 15) is 19.5 Å². The van der Waals surface area contributed by atoms with Crippen molar-refractivity contribution in [3.05, 3.63) is 54.0 Å². The van der Waals surface area contributed by atoms with Gasteiger partial charge < -0.3 is 19.6 Å². The van der Waals surface area contributed by atoms with Crippen LogP contribution in [0.2, 0.25) is 0 Å². The van der Waals surface area contributed by atoms with Crippen LogP contribution in [0.1, 0.15) is 29.5 Å². The first-order chi connectivity index (χ1) is 12.5. The molecule has 1 atom stereocenters. The summed E-state index contributed by atoms with van der Waals surface area (Å²) in [5, 5.41) is 14.6. The summed E-state index contributed by atoms with van der Waals surface area (Å²) < 4.78 is 10.1. The third-order valence-electron chi connectivity index (χ3n) is 3.49. The SMILES string of the molecule is CCOC(=O)c1ccccc1NC(=O)CC(NCc1ccco1)C(=O)O. The molecule has 0 spiro atoms. The average Bonchev–Trinajstić information content (AvgIpc) is 3.12. The third kappa shape index (κ3) is 5.45. The maximum Gasteiger partial charge on any atom is 0.340 e. The molecule has 0 bridgehead atoms. The molecule has 1 aromatic carbocycles. The summed E-state index contributed by atoms with van der Waals surface area (Å²) in [7, 11) is 0. The molecule has 0 saturated carbocycles. The van der Waals surface area contributed by atoms with Crippen LogP contribution in [0.4, 0.5) is 5.69 Å². The number of benzene rings is 1. The summed E-state index contributed by atoms with van der Waals surface area (Å²) >= 11 is 0. The largest absolute Gasteiger partial charge is 0.480 e. The predicted octanol–water partition coefficient (Wildman–Crippen LogP) is 2.03. The maximum absolute atomic E-state index is 12.2. The Hall–Kier alpha value is -3.13. The van der Waals surface area contributed by atoms with Gasteiger partial charge in [0.2, 0.25) is 5.91 Å². The topological polar surface area (TPSA) is 118 Å². The van der Waals surface area contributed by atoms with Crippen LogP contribution in [0.15, 0.2) is 47.1 Å². The second-order valence-electron chi connectivity index (χ2n) is 5.37. The van der Waals surface area contributed by atoms with E-state index >= 15 is 0 Å². The molecular formula is C18H20N2O6. The molecule has 3 N–H and O–H groups in total. The lowest BCUT2D eigenvalue weighted by Gasteiger charge is -2.15. The summed E-state index contributed by atoms with van der Waals surface area (Å²) in [5.41, 5.74) is 0.476. The zero-order chi connectivity index (χ0) is 18.9. The molecule has 2 rings (SSSR count). The fraction of sp³-hybridized carbons (Fsp3) is 0.278. The lowest BCUT2D eigenvalue weighted by Crippen LogP contribution is -2.39. The number of para-hydroxylation sites is 1. The average molecular weight is 360 g/mol. The number of nitrogens with one attached hydrogen (secondary N) is 2. The Balaban J connectivity index is 1.99. The Morgan fingerprint density at radius 2 is 1.96 bits per heavy atom. The number of carboxylic acid groups (broad SMARTS) is 1. The van der Waals surface area contributed by atoms with Crippen molar-refractivity contribution in [3.63, 3.8) is 0 Å². The van der Waals surface area contributed by atoms with Crippen LogP contribution in [0, 0.1) is 0 Å². The number of amides is 1. The summed E-state index contributed by atoms with van der Waals surface area (Å²) in [5.74, 6) is -1.70. The van der Waals surface area contributed by atoms with Crippen LogP contribution < -0.4 is 10.6 Å². The Bertz CT molecular complexity index is 757. The molecule has 138 valence electrons. The van der Waals surface area contributed by atoms with Crippen LogP contribution in [-0.2, 0) is 20.9 Å². The van der Waals surface area contributed by atoms with E-state index in [-0.39, 0.29) is 30.8 Å². The highest BCUT2D eigenvalue weighted by Crippen LogP contribution is 2.17. The molecular weight excluding hydrogens is 340 g/mol. The number of anilines is 1. The van der Waals surface area contributed by atoms with Gasteiger partial charge in [-0.3, -0.25) is 14.9 Å². The second kappa shape index (κ2) is 9.38. The van der Waals surface area contributed by atoms with Crippen molar-refractivity contribution in [3.8, 4) is 0 Å². The molecule has 0 aliphatic rings. The number of carbonyl (C=O) groups excluding carboxylic acids is 2. The zero-order valence-electron chi connectivity index (χ0n) is 14.2. The fourth-order valence-corrected chi connectivity index (χ4v) is 2.25. The Kier molecular flexibility index (Phi) is 6.92. The number of aliphatic carboxylic acids is 1. The van der Waals surface area contributed by atoms with Crippen LogP contribution in [0.25, 0.3) is 0 Å². The van der Waals surface area contributed by atoms with E-state index in [1.165, 1.54) is 12.3 Å². The smallest absolute Gasteiger partial charge is 0.340 e. The van der Waals surface area contributed by atoms with E-state index in [0.717, 1.165) is 0 Å². The minimum atomic E-state index is -1.16. The van der Waals surface area contributed by atoms with Gasteiger partial charge in [0.15, 0.2) is 0 Å². The number of rotatable bonds is 9. The molecule has 26 heavy (non-hydrogen) atoms. The van der Waals surface area contributed by atoms with Crippen LogP contribution in [0.3, 0.4) is 0 Å². The predicted molar refractivity (Wildman–Crippen MR) is 92.6 cm³/mol. The van der Waals surface area contributed by atoms with E-state index in [1.54, 1.807) is 37.3 Å². The zero-order valence-corrected chi connectivity index (χ0v) is 14.2. The van der Waals surface area contributed by atoms with Crippen LogP contribution >= 0.6 is 0 Å². The van der Waals surface area contributed by atoms with Gasteiger partial charge in [-0.15, -0.1) is 0 Å². The van der Waals surface area contributed by atoms with E-state index in [0.29, 0.717) is 5.76 Å². The van der Waals surface area contributed by atoms with Crippen molar-refractivity contribution in [2.45, 2.75) is 25.9 Å². The Labute approximate surface area is 150 Å². The van der Waals surface area contributed by atoms with E-state index in [2.05, 4.69) is 10.6 Å². The Morgan fingerprint density at radius 3 is 2.62 bits per heavy atom. The number of ether oxygens (including phenoxy) is 1. The number of esters is 1. The molecule has 0 radical (unpaired) electrons. The number of carboxylic acids is 1. The molecule has 1 aromatic heterocycles. The second-order valence-corrected chi connectivity index (χ2v) is 5.37. The normalized spacial score (nSPS) is 11.6. The first-order valence-electron chi connectivity index (χ1n) is 8.05. The van der Waals surface area contributed by atoms with Crippen molar-refractivity contribution in [2.75, 3.05) is 11.9 Å². The highest BCUT2D eigenvalue weighted by Gasteiger charge is 2.22. The molecule has 0 saturated heterocycles. The van der Waals surface area contributed by atoms with Crippen LogP contribution in [-0.4, -0.2) is 35.6 Å². The molecule has 0 aliphatic heterocycles. The van der Waals surface area contributed by atoms with E-state index < -0.39 is 23.9 Å². The molecule has 8 nitrogen and oxygen atoms in total. The van der Waals surface area contributed by atoms with Gasteiger partial charge in [-0.2, -0.15) is 0 Å². The monoisotopic (exact) mass is 360 g/mol. The number of carbonyl (C=O) groups is 3. The lowest BCUT2D eigenvalue weighted by molar-refractivity contribution is -0.141. The molecule has 2 aromatic rings. The van der Waals surface area contributed by atoms with Gasteiger partial charge in [0, 0.05) is 0 Å². The molecule has 0 fully saturated rings. The number of furan rings is 1. The molecule has 1 heterocycles. The summed E-state index contributed by atoms with van der Waals surface area (Å²) in [6, 6.07) is 8.66. The standard InChI is InChI=1S/C18H20N2O6/c1-2-25-18(24)13-7-3-4-8-14(13)20-16(21)10-15(17(22)23)19-11-12-6-5-9-26-12/h3-9,15,19H,2,10-11H2,1H3,(H,20,21)(H,22,23). The minimum absolute atomic E-state index is 0.177. The minimum Gasteiger partial charge on any atom is -0.480 e. The molecule has 8 heteroatoms. The first-order valence-corrected chi connectivity index (χ1v) is 8.05. The van der Waals surface area contributed by atoms with Gasteiger partial charge >= 0.3 is 11.9 Å². The van der Waals surface area contributed by atoms with Gasteiger partial charge in [-0.1, -0.05) is 12.1 Å². The number of hydrogen-bond donors (Lipinski definition) is 3. The van der Waals surface area contributed by atoms with Gasteiger partial charge in [0.25, 0.3) is 0 Å². The van der Waals surface area contributed by atoms with Crippen molar-refractivity contribution in [1.29, 1.82) is 0 Å². The molecule has 0 aliphatic carbocycles. The van der Waals surface area contributed by atoms with Crippen molar-refractivity contribution < 1.29 is 28.6 Å². The number of hydrogen-bond acceptors (Lipinski definition) is 6. The lowest BCUT2D eigenvalue weighted by atomic mass is 10.1. The third-order valence-corrected chi connectivity index (χ3v) is 3.49. The summed E-state index contributed by atoms with van der Waals surface area (Å²) in [6.45, 7) is 2.07. The maximum atomic E-state index is 12.2. The first kappa shape index (κ1) is 19.2. The highest BCUT2D eigenvalue weighted by atomic mass is 16.5. The summed E-state index contributed by atoms with van der Waals surface area (Å²) in [6.07, 6.45) is 1.17. The molecule has 1 unspecified atom stereocenters. The Morgan fingerprint density at radius 1 is 1.19 bits per heavy atom. The quantitative estimate of drug-likeness (QED) is 0.586. The van der Waals surface area contributed by atoms with Gasteiger partial charge in [0.05, 0.1) is 37.1 Å². The van der Waals surface area contributed by atoms with Crippen LogP contribution in [0.5, 0.6) is 0 Å². The summed E-state index contributed by atoms with van der Waals surface area (Å²) in [4.78, 5) is 35.5. The van der Waals surface area contributed by atoms with E-state index in [4.69, 9.17) is 9.15 Å². The van der Waals surface area contributed by atoms with Crippen molar-refractivity contribution in [2.24, 2.45) is 0 Å². The van der Waals surface area contributed by atoms with Gasteiger partial charge in [-0.25, -0.2) is 4.79 Å².